The molecule has 76 valence electrons. The third-order valence-corrected chi connectivity index (χ3v) is 2.83. The number of aliphatic hydroxyl groups excluding tert-OH is 1. The van der Waals surface area contributed by atoms with Gasteiger partial charge in [-0.2, -0.15) is 0 Å². The topological polar surface area (TPSA) is 47.9 Å². The third kappa shape index (κ3) is 1.38. The summed E-state index contributed by atoms with van der Waals surface area (Å²) in [6.45, 7) is 5.67. The van der Waals surface area contributed by atoms with E-state index in [1.54, 1.807) is 0 Å². The molecule has 0 saturated carbocycles. The molecule has 4 nitrogen and oxygen atoms in total. The molecule has 0 aromatic heterocycles. The zero-order valence-corrected chi connectivity index (χ0v) is 8.19. The first-order valence-electron chi connectivity index (χ1n) is 4.75. The Morgan fingerprint density at radius 2 is 2.08 bits per heavy atom. The third-order valence-electron chi connectivity index (χ3n) is 2.83. The van der Waals surface area contributed by atoms with Gasteiger partial charge in [0.25, 0.3) is 0 Å². The van der Waals surface area contributed by atoms with Crippen LogP contribution in [-0.2, 0) is 14.2 Å². The molecule has 2 saturated heterocycles. The number of hydrogen-bond donors (Lipinski definition) is 1. The van der Waals surface area contributed by atoms with E-state index in [-0.39, 0.29) is 12.2 Å². The van der Waals surface area contributed by atoms with Gasteiger partial charge in [0, 0.05) is 0 Å². The van der Waals surface area contributed by atoms with E-state index in [9.17, 15) is 5.11 Å². The van der Waals surface area contributed by atoms with E-state index in [0.717, 1.165) is 6.42 Å². The van der Waals surface area contributed by atoms with Gasteiger partial charge in [-0.25, -0.2) is 0 Å². The molecule has 4 heteroatoms. The molecule has 0 aliphatic carbocycles. The molecule has 0 radical (unpaired) electrons. The molecule has 0 bridgehead atoms. The molecule has 1 unspecified atom stereocenters. The largest absolute Gasteiger partial charge is 0.387 e. The Balaban J connectivity index is 2.08. The Morgan fingerprint density at radius 1 is 1.38 bits per heavy atom. The lowest BCUT2D eigenvalue weighted by Gasteiger charge is -2.24. The highest BCUT2D eigenvalue weighted by molar-refractivity contribution is 4.91. The minimum absolute atomic E-state index is 0.198. The maximum absolute atomic E-state index is 9.67. The van der Waals surface area contributed by atoms with Crippen molar-refractivity contribution in [3.63, 3.8) is 0 Å². The average molecular weight is 188 g/mol. The normalized spacial score (nSPS) is 55.4. The number of ether oxygens (including phenoxy) is 3. The molecule has 0 aromatic rings. The van der Waals surface area contributed by atoms with Crippen molar-refractivity contribution in [2.45, 2.75) is 57.6 Å². The van der Waals surface area contributed by atoms with Crippen LogP contribution in [0.5, 0.6) is 0 Å². The molecule has 2 rings (SSSR count). The van der Waals surface area contributed by atoms with Crippen LogP contribution in [-0.4, -0.2) is 35.5 Å². The van der Waals surface area contributed by atoms with E-state index >= 15 is 0 Å². The maximum atomic E-state index is 9.67. The lowest BCUT2D eigenvalue weighted by Crippen LogP contribution is -2.34. The molecule has 0 spiro atoms. The summed E-state index contributed by atoms with van der Waals surface area (Å²) in [6, 6.07) is 0. The molecule has 2 heterocycles. The summed E-state index contributed by atoms with van der Waals surface area (Å²) in [6.07, 6.45) is -0.727. The van der Waals surface area contributed by atoms with Gasteiger partial charge in [0.2, 0.25) is 0 Å². The van der Waals surface area contributed by atoms with Crippen molar-refractivity contribution in [1.82, 2.24) is 0 Å². The molecule has 0 amide bonds. The smallest absolute Gasteiger partial charge is 0.190 e. The summed E-state index contributed by atoms with van der Waals surface area (Å²) >= 11 is 0. The monoisotopic (exact) mass is 188 g/mol. The SMILES string of the molecule is CCC1(C)O[C@H]2O[C@H](C)[C@H](O)[C@H]2O1. The van der Waals surface area contributed by atoms with Crippen molar-refractivity contribution in [1.29, 1.82) is 0 Å². The van der Waals surface area contributed by atoms with Crippen molar-refractivity contribution in [3.05, 3.63) is 0 Å². The summed E-state index contributed by atoms with van der Waals surface area (Å²) in [5, 5.41) is 9.67. The van der Waals surface area contributed by atoms with Gasteiger partial charge in [0.1, 0.15) is 12.2 Å². The minimum Gasteiger partial charge on any atom is -0.387 e. The highest BCUT2D eigenvalue weighted by Gasteiger charge is 2.53. The zero-order chi connectivity index (χ0) is 9.64. The van der Waals surface area contributed by atoms with Gasteiger partial charge in [0.05, 0.1) is 6.10 Å². The Morgan fingerprint density at radius 3 is 2.62 bits per heavy atom. The predicted octanol–water partition coefficient (Wildman–Crippen LogP) is 0.634. The Bertz CT molecular complexity index is 208. The average Bonchev–Trinajstić information content (AvgIpc) is 2.52. The van der Waals surface area contributed by atoms with E-state index in [4.69, 9.17) is 14.2 Å². The highest BCUT2D eigenvalue weighted by atomic mass is 16.8. The van der Waals surface area contributed by atoms with Crippen molar-refractivity contribution in [2.24, 2.45) is 0 Å². The first-order chi connectivity index (χ1) is 6.06. The number of aliphatic hydroxyl groups is 1. The van der Waals surface area contributed by atoms with Gasteiger partial charge in [0.15, 0.2) is 12.1 Å². The maximum Gasteiger partial charge on any atom is 0.190 e. The summed E-state index contributed by atoms with van der Waals surface area (Å²) in [7, 11) is 0. The molecule has 0 aromatic carbocycles. The molecule has 1 N–H and O–H groups in total. The second kappa shape index (κ2) is 2.92. The van der Waals surface area contributed by atoms with E-state index in [1.165, 1.54) is 0 Å². The lowest BCUT2D eigenvalue weighted by atomic mass is 10.1. The summed E-state index contributed by atoms with van der Waals surface area (Å²) in [5.74, 6) is -0.587. The standard InChI is InChI=1S/C9H16O4/c1-4-9(3)12-7-6(10)5(2)11-8(7)13-9/h5-8,10H,4H2,1-3H3/t5-,6+,7-,8-,9?/m1/s1. The van der Waals surface area contributed by atoms with E-state index in [1.807, 2.05) is 20.8 Å². The van der Waals surface area contributed by atoms with Gasteiger partial charge < -0.3 is 19.3 Å². The van der Waals surface area contributed by atoms with Gasteiger partial charge in [-0.05, 0) is 20.3 Å². The second-order valence-electron chi connectivity index (χ2n) is 3.89. The van der Waals surface area contributed by atoms with E-state index in [2.05, 4.69) is 0 Å². The van der Waals surface area contributed by atoms with Gasteiger partial charge >= 0.3 is 0 Å². The lowest BCUT2D eigenvalue weighted by molar-refractivity contribution is -0.223. The Labute approximate surface area is 77.8 Å². The highest BCUT2D eigenvalue weighted by Crippen LogP contribution is 2.38. The summed E-state index contributed by atoms with van der Waals surface area (Å²) in [4.78, 5) is 0. The van der Waals surface area contributed by atoms with Crippen LogP contribution in [0.25, 0.3) is 0 Å². The predicted molar refractivity (Wildman–Crippen MR) is 45.0 cm³/mol. The van der Waals surface area contributed by atoms with Crippen LogP contribution < -0.4 is 0 Å². The first-order valence-corrected chi connectivity index (χ1v) is 4.75. The molecule has 2 fully saturated rings. The zero-order valence-electron chi connectivity index (χ0n) is 8.19. The van der Waals surface area contributed by atoms with Crippen LogP contribution in [0.15, 0.2) is 0 Å². The van der Waals surface area contributed by atoms with Gasteiger partial charge in [-0.3, -0.25) is 0 Å². The molecular formula is C9H16O4. The fourth-order valence-corrected chi connectivity index (χ4v) is 1.75. The van der Waals surface area contributed by atoms with Crippen LogP contribution in [0.1, 0.15) is 27.2 Å². The Kier molecular flexibility index (Phi) is 2.11. The number of fused-ring (bicyclic) bond motifs is 1. The van der Waals surface area contributed by atoms with Gasteiger partial charge in [-0.1, -0.05) is 6.92 Å². The van der Waals surface area contributed by atoms with E-state index < -0.39 is 18.2 Å². The van der Waals surface area contributed by atoms with Crippen molar-refractivity contribution < 1.29 is 19.3 Å². The molecular weight excluding hydrogens is 172 g/mol. The fraction of sp³-hybridized carbons (Fsp3) is 1.00. The van der Waals surface area contributed by atoms with Gasteiger partial charge in [-0.15, -0.1) is 0 Å². The number of rotatable bonds is 1. The van der Waals surface area contributed by atoms with Crippen LogP contribution in [0.2, 0.25) is 0 Å². The molecule has 13 heavy (non-hydrogen) atoms. The van der Waals surface area contributed by atoms with Crippen LogP contribution in [0.3, 0.4) is 0 Å². The second-order valence-corrected chi connectivity index (χ2v) is 3.89. The van der Waals surface area contributed by atoms with Crippen LogP contribution in [0, 0.1) is 0 Å². The molecule has 2 aliphatic rings. The van der Waals surface area contributed by atoms with Crippen molar-refractivity contribution in [2.75, 3.05) is 0 Å². The van der Waals surface area contributed by atoms with Crippen molar-refractivity contribution >= 4 is 0 Å². The van der Waals surface area contributed by atoms with Crippen LogP contribution >= 0.6 is 0 Å². The molecule has 2 aliphatic heterocycles. The van der Waals surface area contributed by atoms with Crippen LogP contribution in [0.4, 0.5) is 0 Å². The molecule has 5 atom stereocenters. The number of hydrogen-bond acceptors (Lipinski definition) is 4. The Hall–Kier alpha value is -0.160. The summed E-state index contributed by atoms with van der Waals surface area (Å²) < 4.78 is 16.6. The van der Waals surface area contributed by atoms with E-state index in [0.29, 0.717) is 0 Å². The minimum atomic E-state index is -0.587. The van der Waals surface area contributed by atoms with Crippen molar-refractivity contribution in [3.8, 4) is 0 Å². The fourth-order valence-electron chi connectivity index (χ4n) is 1.75. The summed E-state index contributed by atoms with van der Waals surface area (Å²) in [5.41, 5.74) is 0. The quantitative estimate of drug-likeness (QED) is 0.655. The first kappa shape index (κ1) is 9.40.